The van der Waals surface area contributed by atoms with Gasteiger partial charge in [0.2, 0.25) is 0 Å². The summed E-state index contributed by atoms with van der Waals surface area (Å²) in [5.74, 6) is 3.93. The standard InChI is InChI=1S/C21H20N2O4S/c1-5-11-23-17-9-7-15(27-6-2)13-19(17)28-21(23)22-20(24)16-12-14(25-3)8-10-18(16)26-4/h1,7-10,12-13H,6,11H2,2-4H3. The Labute approximate surface area is 167 Å². The zero-order valence-corrected chi connectivity index (χ0v) is 16.7. The van der Waals surface area contributed by atoms with E-state index in [4.69, 9.17) is 20.6 Å². The molecule has 0 fully saturated rings. The second-order valence-corrected chi connectivity index (χ2v) is 6.73. The van der Waals surface area contributed by atoms with Crippen LogP contribution in [0.5, 0.6) is 17.2 Å². The van der Waals surface area contributed by atoms with Crippen molar-refractivity contribution in [3.8, 4) is 29.6 Å². The summed E-state index contributed by atoms with van der Waals surface area (Å²) >= 11 is 1.38. The molecule has 0 radical (unpaired) electrons. The van der Waals surface area contributed by atoms with Gasteiger partial charge in [-0.25, -0.2) is 0 Å². The van der Waals surface area contributed by atoms with Crippen LogP contribution in [0.15, 0.2) is 41.4 Å². The molecular weight excluding hydrogens is 376 g/mol. The van der Waals surface area contributed by atoms with Gasteiger partial charge in [0.15, 0.2) is 4.80 Å². The fourth-order valence-electron chi connectivity index (χ4n) is 2.77. The topological polar surface area (TPSA) is 62.1 Å². The molecule has 0 N–H and O–H groups in total. The average molecular weight is 396 g/mol. The first kappa shape index (κ1) is 19.5. The summed E-state index contributed by atoms with van der Waals surface area (Å²) in [4.78, 5) is 17.7. The van der Waals surface area contributed by atoms with E-state index in [1.165, 1.54) is 25.6 Å². The van der Waals surface area contributed by atoms with Crippen LogP contribution in [0, 0.1) is 12.3 Å². The van der Waals surface area contributed by atoms with Gasteiger partial charge in [-0.1, -0.05) is 17.3 Å². The van der Waals surface area contributed by atoms with E-state index in [0.717, 1.165) is 16.0 Å². The number of carbonyl (C=O) groups is 1. The maximum absolute atomic E-state index is 12.9. The van der Waals surface area contributed by atoms with Crippen LogP contribution in [-0.2, 0) is 6.54 Å². The number of benzene rings is 2. The summed E-state index contributed by atoms with van der Waals surface area (Å²) in [5.41, 5.74) is 1.22. The molecule has 0 aliphatic heterocycles. The molecule has 0 saturated carbocycles. The highest BCUT2D eigenvalue weighted by molar-refractivity contribution is 7.16. The third kappa shape index (κ3) is 3.87. The third-order valence-corrected chi connectivity index (χ3v) is 5.09. The predicted molar refractivity (Wildman–Crippen MR) is 109 cm³/mol. The van der Waals surface area contributed by atoms with Crippen LogP contribution < -0.4 is 19.0 Å². The largest absolute Gasteiger partial charge is 0.497 e. The lowest BCUT2D eigenvalue weighted by Gasteiger charge is -2.07. The smallest absolute Gasteiger partial charge is 0.283 e. The van der Waals surface area contributed by atoms with Crippen molar-refractivity contribution in [2.75, 3.05) is 20.8 Å². The third-order valence-electron chi connectivity index (χ3n) is 4.05. The number of rotatable bonds is 6. The minimum atomic E-state index is -0.432. The molecule has 144 valence electrons. The number of terminal acetylenes is 1. The molecule has 0 aliphatic rings. The number of fused-ring (bicyclic) bond motifs is 1. The lowest BCUT2D eigenvalue weighted by atomic mass is 10.2. The molecule has 3 aromatic rings. The van der Waals surface area contributed by atoms with Crippen molar-refractivity contribution in [3.63, 3.8) is 0 Å². The van der Waals surface area contributed by atoms with E-state index in [9.17, 15) is 4.79 Å². The number of nitrogens with zero attached hydrogens (tertiary/aromatic N) is 2. The molecule has 0 atom stereocenters. The van der Waals surface area contributed by atoms with Crippen molar-refractivity contribution < 1.29 is 19.0 Å². The zero-order chi connectivity index (χ0) is 20.1. The van der Waals surface area contributed by atoms with E-state index >= 15 is 0 Å². The minimum absolute atomic E-state index is 0.301. The Morgan fingerprint density at radius 2 is 1.96 bits per heavy atom. The lowest BCUT2D eigenvalue weighted by molar-refractivity contribution is 0.0994. The van der Waals surface area contributed by atoms with Crippen LogP contribution >= 0.6 is 11.3 Å². The van der Waals surface area contributed by atoms with Crippen LogP contribution in [0.2, 0.25) is 0 Å². The van der Waals surface area contributed by atoms with Gasteiger partial charge in [0.05, 0.1) is 43.2 Å². The number of hydrogen-bond donors (Lipinski definition) is 0. The summed E-state index contributed by atoms with van der Waals surface area (Å²) in [6.07, 6.45) is 5.53. The molecule has 7 heteroatoms. The molecular formula is C21H20N2O4S. The zero-order valence-electron chi connectivity index (χ0n) is 15.9. The second kappa shape index (κ2) is 8.63. The van der Waals surface area contributed by atoms with Crippen molar-refractivity contribution in [1.29, 1.82) is 0 Å². The van der Waals surface area contributed by atoms with E-state index < -0.39 is 5.91 Å². The van der Waals surface area contributed by atoms with Crippen LogP contribution in [0.3, 0.4) is 0 Å². The van der Waals surface area contributed by atoms with E-state index in [2.05, 4.69) is 10.9 Å². The maximum Gasteiger partial charge on any atom is 0.283 e. The summed E-state index contributed by atoms with van der Waals surface area (Å²) in [7, 11) is 3.04. The van der Waals surface area contributed by atoms with Gasteiger partial charge >= 0.3 is 0 Å². The van der Waals surface area contributed by atoms with E-state index in [-0.39, 0.29) is 0 Å². The molecule has 0 saturated heterocycles. The fourth-order valence-corrected chi connectivity index (χ4v) is 3.82. The maximum atomic E-state index is 12.9. The normalized spacial score (nSPS) is 11.3. The molecule has 3 rings (SSSR count). The van der Waals surface area contributed by atoms with Crippen molar-refractivity contribution >= 4 is 27.5 Å². The average Bonchev–Trinajstić information content (AvgIpc) is 3.04. The Balaban J connectivity index is 2.14. The van der Waals surface area contributed by atoms with Gasteiger partial charge in [-0.15, -0.1) is 6.42 Å². The molecule has 0 unspecified atom stereocenters. The highest BCUT2D eigenvalue weighted by Gasteiger charge is 2.15. The van der Waals surface area contributed by atoms with Gasteiger partial charge in [-0.2, -0.15) is 4.99 Å². The number of amides is 1. The molecule has 1 aromatic heterocycles. The van der Waals surface area contributed by atoms with Crippen molar-refractivity contribution in [3.05, 3.63) is 46.8 Å². The van der Waals surface area contributed by atoms with Crippen molar-refractivity contribution in [2.45, 2.75) is 13.5 Å². The van der Waals surface area contributed by atoms with Crippen LogP contribution in [0.25, 0.3) is 10.2 Å². The molecule has 0 spiro atoms. The fraction of sp³-hybridized carbons (Fsp3) is 0.238. The quantitative estimate of drug-likeness (QED) is 0.599. The van der Waals surface area contributed by atoms with E-state index in [1.54, 1.807) is 18.2 Å². The minimum Gasteiger partial charge on any atom is -0.497 e. The summed E-state index contributed by atoms with van der Waals surface area (Å²) < 4.78 is 18.8. The highest BCUT2D eigenvalue weighted by atomic mass is 32.1. The number of aromatic nitrogens is 1. The van der Waals surface area contributed by atoms with Gasteiger partial charge in [0.1, 0.15) is 17.2 Å². The lowest BCUT2D eigenvalue weighted by Crippen LogP contribution is -2.16. The number of hydrogen-bond acceptors (Lipinski definition) is 5. The highest BCUT2D eigenvalue weighted by Crippen LogP contribution is 2.26. The number of thiazole rings is 1. The summed E-state index contributed by atoms with van der Waals surface area (Å²) in [5, 5.41) is 0. The molecule has 0 aliphatic carbocycles. The van der Waals surface area contributed by atoms with E-state index in [1.807, 2.05) is 29.7 Å². The van der Waals surface area contributed by atoms with Crippen molar-refractivity contribution in [2.24, 2.45) is 4.99 Å². The Morgan fingerprint density at radius 1 is 1.18 bits per heavy atom. The molecule has 1 amide bonds. The predicted octanol–water partition coefficient (Wildman–Crippen LogP) is 3.49. The van der Waals surface area contributed by atoms with Crippen molar-refractivity contribution in [1.82, 2.24) is 4.57 Å². The first-order valence-corrected chi connectivity index (χ1v) is 9.43. The van der Waals surface area contributed by atoms with Gasteiger partial charge in [0, 0.05) is 0 Å². The van der Waals surface area contributed by atoms with Crippen LogP contribution in [-0.4, -0.2) is 31.3 Å². The Bertz CT molecular complexity index is 1120. The number of carbonyl (C=O) groups excluding carboxylic acids is 1. The number of methoxy groups -OCH3 is 2. The van der Waals surface area contributed by atoms with Gasteiger partial charge < -0.3 is 18.8 Å². The SMILES string of the molecule is C#CCn1c(=NC(=O)c2cc(OC)ccc2OC)sc2cc(OCC)ccc21. The van der Waals surface area contributed by atoms with Crippen LogP contribution in [0.4, 0.5) is 0 Å². The first-order chi connectivity index (χ1) is 13.6. The van der Waals surface area contributed by atoms with Gasteiger partial charge in [-0.3, -0.25) is 4.79 Å². The van der Waals surface area contributed by atoms with Gasteiger partial charge in [0.25, 0.3) is 5.91 Å². The Hall–Kier alpha value is -3.24. The van der Waals surface area contributed by atoms with Gasteiger partial charge in [-0.05, 0) is 43.3 Å². The number of ether oxygens (including phenoxy) is 3. The molecule has 2 aromatic carbocycles. The summed E-state index contributed by atoms with van der Waals surface area (Å²) in [6, 6.07) is 10.7. The first-order valence-electron chi connectivity index (χ1n) is 8.62. The molecule has 1 heterocycles. The van der Waals surface area contributed by atoms with E-state index in [0.29, 0.717) is 35.0 Å². The monoisotopic (exact) mass is 396 g/mol. The Kier molecular flexibility index (Phi) is 6.02. The second-order valence-electron chi connectivity index (χ2n) is 5.72. The Morgan fingerprint density at radius 3 is 2.64 bits per heavy atom. The molecule has 28 heavy (non-hydrogen) atoms. The molecule has 6 nitrogen and oxygen atoms in total. The summed E-state index contributed by atoms with van der Waals surface area (Å²) in [6.45, 7) is 2.81. The molecule has 0 bridgehead atoms. The van der Waals surface area contributed by atoms with Crippen LogP contribution in [0.1, 0.15) is 17.3 Å².